The fraction of sp³-hybridized carbons (Fsp3) is 0.400. The third-order valence-electron chi connectivity index (χ3n) is 2.88. The van der Waals surface area contributed by atoms with Crippen LogP contribution >= 0.6 is 0 Å². The number of ether oxygens (including phenoxy) is 2. The predicted molar refractivity (Wildman–Crippen MR) is 84.5 cm³/mol. The molecule has 128 valence electrons. The summed E-state index contributed by atoms with van der Waals surface area (Å²) in [5, 5.41) is 15.2. The van der Waals surface area contributed by atoms with Crippen molar-refractivity contribution in [1.29, 1.82) is 0 Å². The zero-order chi connectivity index (χ0) is 17.9. The molecular formula is C15H18N4O5. The molecule has 0 bridgehead atoms. The van der Waals surface area contributed by atoms with Gasteiger partial charge in [0.2, 0.25) is 5.75 Å². The molecule has 0 saturated carbocycles. The highest BCUT2D eigenvalue weighted by molar-refractivity contribution is 5.71. The van der Waals surface area contributed by atoms with E-state index in [1.165, 1.54) is 30.3 Å². The molecule has 0 unspecified atom stereocenters. The van der Waals surface area contributed by atoms with E-state index in [0.29, 0.717) is 5.56 Å². The largest absolute Gasteiger partial charge is 0.490 e. The van der Waals surface area contributed by atoms with Gasteiger partial charge < -0.3 is 9.47 Å². The first kappa shape index (κ1) is 17.4. The Balaban J connectivity index is 2.27. The number of nitro benzene ring substituents is 1. The summed E-state index contributed by atoms with van der Waals surface area (Å²) in [7, 11) is 1.34. The van der Waals surface area contributed by atoms with Crippen molar-refractivity contribution in [2.24, 2.45) is 0 Å². The summed E-state index contributed by atoms with van der Waals surface area (Å²) in [6.07, 6.45) is 1.36. The van der Waals surface area contributed by atoms with E-state index in [9.17, 15) is 14.9 Å². The predicted octanol–water partition coefficient (Wildman–Crippen LogP) is 2.20. The molecule has 0 aliphatic heterocycles. The lowest BCUT2D eigenvalue weighted by Crippen LogP contribution is -2.26. The molecule has 0 aliphatic rings. The maximum absolute atomic E-state index is 11.8. The van der Waals surface area contributed by atoms with Crippen LogP contribution in [0.5, 0.6) is 5.75 Å². The SMILES string of the molecule is COc1c(-c2ncn(CC(=O)OC(C)(C)C)n2)cccc1[N+](=O)[O-]. The van der Waals surface area contributed by atoms with Gasteiger partial charge in [-0.1, -0.05) is 6.07 Å². The van der Waals surface area contributed by atoms with E-state index in [1.807, 2.05) is 0 Å². The normalized spacial score (nSPS) is 11.2. The first-order chi connectivity index (χ1) is 11.2. The number of aromatic nitrogens is 3. The Morgan fingerprint density at radius 1 is 1.38 bits per heavy atom. The number of nitro groups is 1. The fourth-order valence-corrected chi connectivity index (χ4v) is 2.06. The first-order valence-electron chi connectivity index (χ1n) is 7.14. The summed E-state index contributed by atoms with van der Waals surface area (Å²) in [4.78, 5) is 26.4. The molecule has 2 rings (SSSR count). The van der Waals surface area contributed by atoms with Crippen molar-refractivity contribution in [2.45, 2.75) is 32.9 Å². The molecule has 1 aromatic heterocycles. The molecule has 0 saturated heterocycles. The number of nitrogens with zero attached hydrogens (tertiary/aromatic N) is 4. The molecule has 0 aliphatic carbocycles. The van der Waals surface area contributed by atoms with Gasteiger partial charge in [0.05, 0.1) is 17.6 Å². The number of hydrogen-bond donors (Lipinski definition) is 0. The van der Waals surface area contributed by atoms with Crippen LogP contribution in [0.3, 0.4) is 0 Å². The minimum absolute atomic E-state index is 0.0671. The van der Waals surface area contributed by atoms with E-state index < -0.39 is 16.5 Å². The monoisotopic (exact) mass is 334 g/mol. The van der Waals surface area contributed by atoms with Gasteiger partial charge in [-0.2, -0.15) is 5.10 Å². The summed E-state index contributed by atoms with van der Waals surface area (Å²) < 4.78 is 11.6. The summed E-state index contributed by atoms with van der Waals surface area (Å²) >= 11 is 0. The van der Waals surface area contributed by atoms with E-state index in [1.54, 1.807) is 26.8 Å². The maximum atomic E-state index is 11.8. The van der Waals surface area contributed by atoms with Crippen molar-refractivity contribution in [2.75, 3.05) is 7.11 Å². The average molecular weight is 334 g/mol. The van der Waals surface area contributed by atoms with Crippen LogP contribution < -0.4 is 4.74 Å². The molecule has 2 aromatic rings. The summed E-state index contributed by atoms with van der Waals surface area (Å²) in [5.41, 5.74) is -0.405. The van der Waals surface area contributed by atoms with Gasteiger partial charge in [-0.25, -0.2) is 9.67 Å². The molecular weight excluding hydrogens is 316 g/mol. The van der Waals surface area contributed by atoms with Crippen molar-refractivity contribution in [1.82, 2.24) is 14.8 Å². The molecule has 0 spiro atoms. The highest BCUT2D eigenvalue weighted by Gasteiger charge is 2.22. The van der Waals surface area contributed by atoms with Gasteiger partial charge in [0.1, 0.15) is 18.5 Å². The molecule has 0 fully saturated rings. The lowest BCUT2D eigenvalue weighted by Gasteiger charge is -2.19. The Bertz CT molecular complexity index is 763. The van der Waals surface area contributed by atoms with Crippen LogP contribution in [0.4, 0.5) is 5.69 Å². The Morgan fingerprint density at radius 3 is 2.67 bits per heavy atom. The first-order valence-corrected chi connectivity index (χ1v) is 7.14. The third-order valence-corrected chi connectivity index (χ3v) is 2.88. The van der Waals surface area contributed by atoms with Crippen molar-refractivity contribution in [3.63, 3.8) is 0 Å². The van der Waals surface area contributed by atoms with E-state index in [-0.39, 0.29) is 23.8 Å². The number of carbonyl (C=O) groups is 1. The molecule has 1 heterocycles. The highest BCUT2D eigenvalue weighted by atomic mass is 16.6. The molecule has 9 nitrogen and oxygen atoms in total. The quantitative estimate of drug-likeness (QED) is 0.468. The summed E-state index contributed by atoms with van der Waals surface area (Å²) in [6.45, 7) is 5.20. The van der Waals surface area contributed by atoms with E-state index >= 15 is 0 Å². The van der Waals surface area contributed by atoms with Gasteiger partial charge in [0.15, 0.2) is 5.82 Å². The smallest absolute Gasteiger partial charge is 0.328 e. The van der Waals surface area contributed by atoms with E-state index in [2.05, 4.69) is 10.1 Å². The maximum Gasteiger partial charge on any atom is 0.328 e. The van der Waals surface area contributed by atoms with Gasteiger partial charge in [0.25, 0.3) is 0 Å². The lowest BCUT2D eigenvalue weighted by atomic mass is 10.1. The summed E-state index contributed by atoms with van der Waals surface area (Å²) in [5.74, 6) is -0.165. The standard InChI is InChI=1S/C15H18N4O5/c1-15(2,3)24-12(20)8-18-9-16-14(17-18)10-6-5-7-11(19(21)22)13(10)23-4/h5-7,9H,8H2,1-4H3. The van der Waals surface area contributed by atoms with Crippen molar-refractivity contribution in [3.05, 3.63) is 34.6 Å². The average Bonchev–Trinajstić information content (AvgIpc) is 2.92. The van der Waals surface area contributed by atoms with Gasteiger partial charge >= 0.3 is 11.7 Å². The topological polar surface area (TPSA) is 109 Å². The Morgan fingerprint density at radius 2 is 2.08 bits per heavy atom. The number of rotatable bonds is 5. The van der Waals surface area contributed by atoms with Gasteiger partial charge in [-0.3, -0.25) is 14.9 Å². The van der Waals surface area contributed by atoms with Gasteiger partial charge in [-0.05, 0) is 26.8 Å². The van der Waals surface area contributed by atoms with Crippen LogP contribution in [0.25, 0.3) is 11.4 Å². The molecule has 24 heavy (non-hydrogen) atoms. The number of hydrogen-bond acceptors (Lipinski definition) is 7. The second-order valence-corrected chi connectivity index (χ2v) is 5.97. The summed E-state index contributed by atoms with van der Waals surface area (Å²) in [6, 6.07) is 4.46. The minimum Gasteiger partial charge on any atom is -0.490 e. The number of benzene rings is 1. The second-order valence-electron chi connectivity index (χ2n) is 5.97. The molecule has 0 radical (unpaired) electrons. The Kier molecular flexibility index (Phi) is 4.82. The fourth-order valence-electron chi connectivity index (χ4n) is 2.06. The van der Waals surface area contributed by atoms with E-state index in [0.717, 1.165) is 0 Å². The number of carbonyl (C=O) groups excluding carboxylic acids is 1. The number of methoxy groups -OCH3 is 1. The van der Waals surface area contributed by atoms with Crippen LogP contribution in [0.1, 0.15) is 20.8 Å². The Hall–Kier alpha value is -2.97. The van der Waals surface area contributed by atoms with Crippen molar-refractivity contribution < 1.29 is 19.2 Å². The molecule has 9 heteroatoms. The third kappa shape index (κ3) is 4.06. The second kappa shape index (κ2) is 6.65. The van der Waals surface area contributed by atoms with Crippen LogP contribution in [-0.2, 0) is 16.1 Å². The number of esters is 1. The molecule has 1 aromatic carbocycles. The van der Waals surface area contributed by atoms with Crippen LogP contribution in [0.2, 0.25) is 0 Å². The zero-order valence-corrected chi connectivity index (χ0v) is 13.8. The van der Waals surface area contributed by atoms with E-state index in [4.69, 9.17) is 9.47 Å². The lowest BCUT2D eigenvalue weighted by molar-refractivity contribution is -0.385. The molecule has 0 amide bonds. The van der Waals surface area contributed by atoms with Crippen molar-refractivity contribution >= 4 is 11.7 Å². The van der Waals surface area contributed by atoms with Crippen LogP contribution in [0.15, 0.2) is 24.5 Å². The Labute approximate surface area is 138 Å². The van der Waals surface area contributed by atoms with Crippen LogP contribution in [0, 0.1) is 10.1 Å². The van der Waals surface area contributed by atoms with Crippen LogP contribution in [-0.4, -0.2) is 38.4 Å². The van der Waals surface area contributed by atoms with Crippen molar-refractivity contribution in [3.8, 4) is 17.1 Å². The van der Waals surface area contributed by atoms with Gasteiger partial charge in [0, 0.05) is 6.07 Å². The van der Waals surface area contributed by atoms with Gasteiger partial charge in [-0.15, -0.1) is 0 Å². The zero-order valence-electron chi connectivity index (χ0n) is 13.8. The minimum atomic E-state index is -0.593. The molecule has 0 atom stereocenters. The number of para-hydroxylation sites is 1. The molecule has 0 N–H and O–H groups in total. The highest BCUT2D eigenvalue weighted by Crippen LogP contribution is 2.35.